The van der Waals surface area contributed by atoms with Gasteiger partial charge < -0.3 is 15.1 Å². The molecular formula is C14H25N5O. The lowest BCUT2D eigenvalue weighted by atomic mass is 10.3. The topological polar surface area (TPSA) is 61.4 Å². The third-order valence-corrected chi connectivity index (χ3v) is 2.85. The molecule has 1 heterocycles. The summed E-state index contributed by atoms with van der Waals surface area (Å²) in [6, 6.07) is 1.88. The number of hydrogen-bond acceptors (Lipinski definition) is 5. The highest BCUT2D eigenvalue weighted by Crippen LogP contribution is 2.15. The molecule has 1 N–H and O–H groups in total. The van der Waals surface area contributed by atoms with Crippen LogP contribution in [0.1, 0.15) is 26.1 Å². The Kier molecular flexibility index (Phi) is 6.21. The van der Waals surface area contributed by atoms with Gasteiger partial charge in [-0.15, -0.1) is 0 Å². The third kappa shape index (κ3) is 4.68. The summed E-state index contributed by atoms with van der Waals surface area (Å²) in [4.78, 5) is 24.2. The molecule has 20 heavy (non-hydrogen) atoms. The van der Waals surface area contributed by atoms with Crippen LogP contribution < -0.4 is 10.2 Å². The highest BCUT2D eigenvalue weighted by Gasteiger charge is 2.12. The van der Waals surface area contributed by atoms with Crippen molar-refractivity contribution in [3.8, 4) is 0 Å². The summed E-state index contributed by atoms with van der Waals surface area (Å²) in [5, 5.41) is 3.20. The molecule has 0 aliphatic heterocycles. The Hall–Kier alpha value is -1.85. The summed E-state index contributed by atoms with van der Waals surface area (Å²) < 4.78 is 0. The molecule has 0 aromatic carbocycles. The summed E-state index contributed by atoms with van der Waals surface area (Å²) in [5.74, 6) is 2.44. The van der Waals surface area contributed by atoms with Crippen LogP contribution in [-0.2, 0) is 11.2 Å². The van der Waals surface area contributed by atoms with Gasteiger partial charge >= 0.3 is 0 Å². The van der Waals surface area contributed by atoms with E-state index in [1.54, 1.807) is 19.0 Å². The highest BCUT2D eigenvalue weighted by molar-refractivity contribution is 5.80. The van der Waals surface area contributed by atoms with Gasteiger partial charge in [-0.2, -0.15) is 0 Å². The number of aryl methyl sites for hydroxylation is 1. The number of hydrogen-bond donors (Lipinski definition) is 1. The minimum atomic E-state index is 0.0492. The normalized spacial score (nSPS) is 10.2. The molecule has 0 atom stereocenters. The van der Waals surface area contributed by atoms with E-state index in [4.69, 9.17) is 0 Å². The summed E-state index contributed by atoms with van der Waals surface area (Å²) in [5.41, 5.74) is 0. The van der Waals surface area contributed by atoms with Gasteiger partial charge in [-0.3, -0.25) is 4.79 Å². The van der Waals surface area contributed by atoms with E-state index in [1.807, 2.05) is 24.9 Å². The van der Waals surface area contributed by atoms with E-state index >= 15 is 0 Å². The van der Waals surface area contributed by atoms with Crippen molar-refractivity contribution in [1.29, 1.82) is 0 Å². The van der Waals surface area contributed by atoms with Crippen LogP contribution in [0.2, 0.25) is 0 Å². The standard InChI is InChI=1S/C14H25N5O/c1-6-8-11-16-12(15-7-2)9-13(17-11)19(5)10-14(20)18(3)4/h9H,6-8,10H2,1-5H3,(H,15,16,17). The van der Waals surface area contributed by atoms with Crippen LogP contribution in [0, 0.1) is 0 Å². The van der Waals surface area contributed by atoms with Crippen LogP contribution in [0.25, 0.3) is 0 Å². The van der Waals surface area contributed by atoms with E-state index in [1.165, 1.54) is 0 Å². The van der Waals surface area contributed by atoms with Crippen LogP contribution in [-0.4, -0.2) is 55.0 Å². The lowest BCUT2D eigenvalue weighted by Gasteiger charge is -2.21. The number of aromatic nitrogens is 2. The quantitative estimate of drug-likeness (QED) is 0.817. The lowest BCUT2D eigenvalue weighted by Crippen LogP contribution is -2.34. The van der Waals surface area contributed by atoms with Crippen LogP contribution in [0.3, 0.4) is 0 Å². The Morgan fingerprint density at radius 3 is 2.50 bits per heavy atom. The van der Waals surface area contributed by atoms with Crippen molar-refractivity contribution in [2.24, 2.45) is 0 Å². The monoisotopic (exact) mass is 279 g/mol. The molecule has 6 nitrogen and oxygen atoms in total. The molecule has 0 saturated carbocycles. The maximum atomic E-state index is 11.8. The molecule has 1 aromatic heterocycles. The van der Waals surface area contributed by atoms with E-state index in [-0.39, 0.29) is 5.91 Å². The molecule has 1 rings (SSSR count). The number of carbonyl (C=O) groups is 1. The highest BCUT2D eigenvalue weighted by atomic mass is 16.2. The van der Waals surface area contributed by atoms with Gasteiger partial charge in [-0.05, 0) is 13.3 Å². The number of amides is 1. The number of carbonyl (C=O) groups excluding carboxylic acids is 1. The van der Waals surface area contributed by atoms with Gasteiger partial charge in [0, 0.05) is 40.2 Å². The first-order valence-corrected chi connectivity index (χ1v) is 7.01. The van der Waals surface area contributed by atoms with Crippen molar-refractivity contribution >= 4 is 17.5 Å². The van der Waals surface area contributed by atoms with E-state index in [9.17, 15) is 4.79 Å². The summed E-state index contributed by atoms with van der Waals surface area (Å²) in [6.45, 7) is 5.24. The van der Waals surface area contributed by atoms with Crippen molar-refractivity contribution in [3.05, 3.63) is 11.9 Å². The molecule has 0 unspecified atom stereocenters. The van der Waals surface area contributed by atoms with E-state index in [2.05, 4.69) is 22.2 Å². The third-order valence-electron chi connectivity index (χ3n) is 2.85. The minimum absolute atomic E-state index is 0.0492. The molecule has 0 fully saturated rings. The first-order valence-electron chi connectivity index (χ1n) is 7.01. The predicted molar refractivity (Wildman–Crippen MR) is 82.2 cm³/mol. The molecule has 0 aliphatic rings. The fraction of sp³-hybridized carbons (Fsp3) is 0.643. The van der Waals surface area contributed by atoms with Gasteiger partial charge in [0.1, 0.15) is 17.5 Å². The molecule has 1 aromatic rings. The van der Waals surface area contributed by atoms with Crippen molar-refractivity contribution in [2.75, 3.05) is 44.4 Å². The number of rotatable bonds is 7. The maximum Gasteiger partial charge on any atom is 0.241 e. The van der Waals surface area contributed by atoms with Gasteiger partial charge in [0.25, 0.3) is 0 Å². The average Bonchev–Trinajstić information content (AvgIpc) is 2.39. The second kappa shape index (κ2) is 7.67. The predicted octanol–water partition coefficient (Wildman–Crippen LogP) is 1.39. The van der Waals surface area contributed by atoms with Gasteiger partial charge in [0.2, 0.25) is 5.91 Å². The molecule has 0 spiro atoms. The summed E-state index contributed by atoms with van der Waals surface area (Å²) in [6.07, 6.45) is 1.83. The van der Waals surface area contributed by atoms with Crippen LogP contribution in [0.15, 0.2) is 6.07 Å². The molecule has 0 radical (unpaired) electrons. The Morgan fingerprint density at radius 1 is 1.25 bits per heavy atom. The van der Waals surface area contributed by atoms with Gasteiger partial charge in [0.15, 0.2) is 0 Å². The lowest BCUT2D eigenvalue weighted by molar-refractivity contribution is -0.127. The molecule has 6 heteroatoms. The second-order valence-electron chi connectivity index (χ2n) is 4.95. The number of anilines is 2. The van der Waals surface area contributed by atoms with Gasteiger partial charge in [-0.25, -0.2) is 9.97 Å². The first-order chi connectivity index (χ1) is 9.47. The zero-order valence-corrected chi connectivity index (χ0v) is 13.1. The van der Waals surface area contributed by atoms with Gasteiger partial charge in [-0.1, -0.05) is 6.92 Å². The minimum Gasteiger partial charge on any atom is -0.370 e. The number of likely N-dealkylation sites (N-methyl/N-ethyl adjacent to an activating group) is 2. The Balaban J connectivity index is 2.93. The number of nitrogens with zero attached hydrogens (tertiary/aromatic N) is 4. The summed E-state index contributed by atoms with van der Waals surface area (Å²) >= 11 is 0. The van der Waals surface area contributed by atoms with Crippen LogP contribution in [0.5, 0.6) is 0 Å². The first kappa shape index (κ1) is 16.2. The van der Waals surface area contributed by atoms with Gasteiger partial charge in [0.05, 0.1) is 6.54 Å². The van der Waals surface area contributed by atoms with E-state index in [0.717, 1.165) is 36.8 Å². The SMILES string of the molecule is CCCc1nc(NCC)cc(N(C)CC(=O)N(C)C)n1. The summed E-state index contributed by atoms with van der Waals surface area (Å²) in [7, 11) is 5.38. The van der Waals surface area contributed by atoms with Crippen molar-refractivity contribution in [3.63, 3.8) is 0 Å². The molecule has 112 valence electrons. The molecule has 1 amide bonds. The molecule has 0 saturated heterocycles. The fourth-order valence-electron chi connectivity index (χ4n) is 1.71. The van der Waals surface area contributed by atoms with Crippen molar-refractivity contribution in [2.45, 2.75) is 26.7 Å². The van der Waals surface area contributed by atoms with E-state index < -0.39 is 0 Å². The smallest absolute Gasteiger partial charge is 0.241 e. The fourth-order valence-corrected chi connectivity index (χ4v) is 1.71. The van der Waals surface area contributed by atoms with Crippen molar-refractivity contribution < 1.29 is 4.79 Å². The Labute approximate surface area is 121 Å². The second-order valence-corrected chi connectivity index (χ2v) is 4.95. The van der Waals surface area contributed by atoms with Crippen LogP contribution in [0.4, 0.5) is 11.6 Å². The molecular weight excluding hydrogens is 254 g/mol. The molecule has 0 aliphatic carbocycles. The van der Waals surface area contributed by atoms with Crippen LogP contribution >= 0.6 is 0 Å². The number of nitrogens with one attached hydrogen (secondary N) is 1. The Morgan fingerprint density at radius 2 is 1.95 bits per heavy atom. The zero-order chi connectivity index (χ0) is 15.1. The largest absolute Gasteiger partial charge is 0.370 e. The van der Waals surface area contributed by atoms with E-state index in [0.29, 0.717) is 6.54 Å². The average molecular weight is 279 g/mol. The maximum absolute atomic E-state index is 11.8. The Bertz CT molecular complexity index is 423. The zero-order valence-electron chi connectivity index (χ0n) is 13.1. The molecule has 0 bridgehead atoms. The van der Waals surface area contributed by atoms with Crippen molar-refractivity contribution in [1.82, 2.24) is 14.9 Å².